The van der Waals surface area contributed by atoms with Crippen molar-refractivity contribution in [2.45, 2.75) is 25.3 Å². The zero-order valence-electron chi connectivity index (χ0n) is 5.21. The second-order valence-electron chi connectivity index (χ2n) is 2.26. The topological polar surface area (TPSA) is 51.4 Å². The van der Waals surface area contributed by atoms with E-state index in [1.165, 1.54) is 0 Å². The van der Waals surface area contributed by atoms with Crippen LogP contribution in [-0.2, 0) is 4.79 Å². The highest BCUT2D eigenvalue weighted by Gasteiger charge is 2.19. The maximum absolute atomic E-state index is 10.3. The maximum atomic E-state index is 10.3. The number of carboxylic acids is 1. The average molecular weight is 128 g/mol. The average Bonchev–Trinajstić information content (AvgIpc) is 1.90. The fourth-order valence-corrected chi connectivity index (χ4v) is 0.989. The van der Waals surface area contributed by atoms with Crippen molar-refractivity contribution in [1.82, 2.24) is 5.32 Å². The van der Waals surface area contributed by atoms with Crippen molar-refractivity contribution in [3.05, 3.63) is 0 Å². The molecule has 1 fully saturated rings. The predicted molar refractivity (Wildman–Crippen MR) is 32.3 cm³/mol. The molecule has 1 aliphatic heterocycles. The highest BCUT2D eigenvalue weighted by atomic mass is 16.4. The summed E-state index contributed by atoms with van der Waals surface area (Å²) in [5.41, 5.74) is 0. The Balaban J connectivity index is 2.31. The van der Waals surface area contributed by atoms with Gasteiger partial charge in [-0.25, -0.2) is 5.32 Å². The molecule has 1 saturated heterocycles. The van der Waals surface area contributed by atoms with Crippen molar-refractivity contribution in [2.24, 2.45) is 0 Å². The molecule has 0 amide bonds. The van der Waals surface area contributed by atoms with Crippen LogP contribution in [0, 0.1) is 0 Å². The standard InChI is InChI=1S/C6H10NO2/c8-6(9)5-3-1-2-4-7-5/h5H,1-4H2,(H,8,9)/t5-/m0/s1. The van der Waals surface area contributed by atoms with E-state index < -0.39 is 12.0 Å². The van der Waals surface area contributed by atoms with Gasteiger partial charge in [0.25, 0.3) is 0 Å². The summed E-state index contributed by atoms with van der Waals surface area (Å²) in [6.07, 6.45) is 2.81. The van der Waals surface area contributed by atoms with Gasteiger partial charge in [0.1, 0.15) is 6.04 Å². The molecule has 3 nitrogen and oxygen atoms in total. The van der Waals surface area contributed by atoms with Crippen LogP contribution in [0.5, 0.6) is 0 Å². The van der Waals surface area contributed by atoms with E-state index in [1.54, 1.807) is 0 Å². The third-order valence-corrected chi connectivity index (χ3v) is 1.52. The Morgan fingerprint density at radius 3 is 2.67 bits per heavy atom. The summed E-state index contributed by atoms with van der Waals surface area (Å²) in [6.45, 7) is 0.733. The lowest BCUT2D eigenvalue weighted by Crippen LogP contribution is -2.34. The Morgan fingerprint density at radius 2 is 2.33 bits per heavy atom. The first-order chi connectivity index (χ1) is 4.30. The van der Waals surface area contributed by atoms with E-state index >= 15 is 0 Å². The van der Waals surface area contributed by atoms with Crippen molar-refractivity contribution < 1.29 is 9.90 Å². The number of rotatable bonds is 1. The fraction of sp³-hybridized carbons (Fsp3) is 0.833. The summed E-state index contributed by atoms with van der Waals surface area (Å²) in [5.74, 6) is -0.769. The maximum Gasteiger partial charge on any atom is 0.322 e. The Morgan fingerprint density at radius 1 is 1.56 bits per heavy atom. The van der Waals surface area contributed by atoms with Gasteiger partial charge in [-0.2, -0.15) is 0 Å². The van der Waals surface area contributed by atoms with Crippen LogP contribution < -0.4 is 5.32 Å². The van der Waals surface area contributed by atoms with Gasteiger partial charge in [0, 0.05) is 6.54 Å². The molecule has 0 aromatic heterocycles. The minimum absolute atomic E-state index is 0.404. The number of hydrogen-bond acceptors (Lipinski definition) is 1. The molecule has 1 heterocycles. The highest BCUT2D eigenvalue weighted by molar-refractivity contribution is 5.73. The summed E-state index contributed by atoms with van der Waals surface area (Å²) in [7, 11) is 0. The van der Waals surface area contributed by atoms with Crippen LogP contribution in [0.1, 0.15) is 19.3 Å². The smallest absolute Gasteiger partial charge is 0.322 e. The normalized spacial score (nSPS) is 27.8. The van der Waals surface area contributed by atoms with Crippen LogP contribution in [0.4, 0.5) is 0 Å². The molecule has 0 aliphatic carbocycles. The van der Waals surface area contributed by atoms with Crippen LogP contribution in [0.2, 0.25) is 0 Å². The Bertz CT molecular complexity index is 108. The molecule has 0 saturated carbocycles. The second-order valence-corrected chi connectivity index (χ2v) is 2.26. The van der Waals surface area contributed by atoms with Gasteiger partial charge in [-0.1, -0.05) is 0 Å². The van der Waals surface area contributed by atoms with Gasteiger partial charge in [0.15, 0.2) is 0 Å². The Hall–Kier alpha value is -0.570. The third kappa shape index (κ3) is 1.68. The molecule has 3 heteroatoms. The van der Waals surface area contributed by atoms with E-state index in [9.17, 15) is 4.79 Å². The summed E-state index contributed by atoms with van der Waals surface area (Å²) in [6, 6.07) is -0.404. The van der Waals surface area contributed by atoms with Crippen LogP contribution in [0.25, 0.3) is 0 Å². The van der Waals surface area contributed by atoms with Crippen molar-refractivity contribution in [3.63, 3.8) is 0 Å². The van der Waals surface area contributed by atoms with E-state index in [2.05, 4.69) is 5.32 Å². The van der Waals surface area contributed by atoms with E-state index in [0.717, 1.165) is 25.8 Å². The van der Waals surface area contributed by atoms with Crippen molar-refractivity contribution in [1.29, 1.82) is 0 Å². The molecular formula is C6H10NO2. The van der Waals surface area contributed by atoms with Crippen molar-refractivity contribution in [3.8, 4) is 0 Å². The minimum atomic E-state index is -0.769. The van der Waals surface area contributed by atoms with Crippen molar-refractivity contribution >= 4 is 5.97 Å². The van der Waals surface area contributed by atoms with Gasteiger partial charge in [-0.05, 0) is 19.3 Å². The van der Waals surface area contributed by atoms with Gasteiger partial charge in [-0.15, -0.1) is 0 Å². The molecule has 1 rings (SSSR count). The fourth-order valence-electron chi connectivity index (χ4n) is 0.989. The number of carboxylic acid groups (broad SMARTS) is 1. The van der Waals surface area contributed by atoms with E-state index in [4.69, 9.17) is 5.11 Å². The molecular weight excluding hydrogens is 118 g/mol. The van der Waals surface area contributed by atoms with Crippen LogP contribution in [0.3, 0.4) is 0 Å². The molecule has 0 unspecified atom stereocenters. The summed E-state index contributed by atoms with van der Waals surface area (Å²) < 4.78 is 0. The van der Waals surface area contributed by atoms with E-state index in [-0.39, 0.29) is 0 Å². The zero-order chi connectivity index (χ0) is 6.69. The van der Waals surface area contributed by atoms with Crippen LogP contribution in [-0.4, -0.2) is 23.7 Å². The van der Waals surface area contributed by atoms with Crippen molar-refractivity contribution in [2.75, 3.05) is 6.54 Å². The second kappa shape index (κ2) is 2.82. The molecule has 0 bridgehead atoms. The first kappa shape index (κ1) is 6.55. The Kier molecular flexibility index (Phi) is 2.05. The molecule has 0 aromatic carbocycles. The lowest BCUT2D eigenvalue weighted by atomic mass is 10.1. The molecule has 1 aliphatic rings. The highest BCUT2D eigenvalue weighted by Crippen LogP contribution is 2.07. The lowest BCUT2D eigenvalue weighted by molar-refractivity contribution is -0.140. The SMILES string of the molecule is O=C(O)[C@@H]1CCCC[N]1. The quantitative estimate of drug-likeness (QED) is 0.549. The molecule has 51 valence electrons. The minimum Gasteiger partial charge on any atom is -0.480 e. The number of aliphatic carboxylic acids is 1. The first-order valence-corrected chi connectivity index (χ1v) is 3.20. The predicted octanol–water partition coefficient (Wildman–Crippen LogP) is 0.228. The molecule has 0 aromatic rings. The van der Waals surface area contributed by atoms with E-state index in [1.807, 2.05) is 0 Å². The van der Waals surface area contributed by atoms with E-state index in [0.29, 0.717) is 0 Å². The number of nitrogens with zero attached hydrogens (tertiary/aromatic N) is 1. The molecule has 1 radical (unpaired) electrons. The first-order valence-electron chi connectivity index (χ1n) is 3.20. The lowest BCUT2D eigenvalue weighted by Gasteiger charge is -2.16. The molecule has 9 heavy (non-hydrogen) atoms. The van der Waals surface area contributed by atoms with Gasteiger partial charge in [0.2, 0.25) is 0 Å². The monoisotopic (exact) mass is 128 g/mol. The third-order valence-electron chi connectivity index (χ3n) is 1.52. The number of piperidine rings is 1. The van der Waals surface area contributed by atoms with Gasteiger partial charge >= 0.3 is 5.97 Å². The largest absolute Gasteiger partial charge is 0.480 e. The molecule has 1 atom stereocenters. The summed E-state index contributed by atoms with van der Waals surface area (Å²) >= 11 is 0. The summed E-state index contributed by atoms with van der Waals surface area (Å²) in [4.78, 5) is 10.3. The number of carbonyl (C=O) groups is 1. The van der Waals surface area contributed by atoms with Crippen LogP contribution in [0.15, 0.2) is 0 Å². The molecule has 1 N–H and O–H groups in total. The molecule has 0 spiro atoms. The van der Waals surface area contributed by atoms with Gasteiger partial charge < -0.3 is 5.11 Å². The number of hydrogen-bond donors (Lipinski definition) is 1. The summed E-state index contributed by atoms with van der Waals surface area (Å²) in [5, 5.41) is 12.4. The van der Waals surface area contributed by atoms with Gasteiger partial charge in [-0.3, -0.25) is 4.79 Å². The zero-order valence-corrected chi connectivity index (χ0v) is 5.21. The van der Waals surface area contributed by atoms with Crippen LogP contribution >= 0.6 is 0 Å². The van der Waals surface area contributed by atoms with Gasteiger partial charge in [0.05, 0.1) is 0 Å². The Labute approximate surface area is 54.1 Å².